The lowest BCUT2D eigenvalue weighted by molar-refractivity contribution is -0.124. The van der Waals surface area contributed by atoms with Crippen molar-refractivity contribution in [3.63, 3.8) is 0 Å². The van der Waals surface area contributed by atoms with Crippen LogP contribution >= 0.6 is 0 Å². The number of hydrogen-bond acceptors (Lipinski definition) is 4. The molecule has 21 heavy (non-hydrogen) atoms. The minimum absolute atomic E-state index is 0.136. The number of carbonyl (C=O) groups is 1. The number of ether oxygens (including phenoxy) is 1. The van der Waals surface area contributed by atoms with Crippen LogP contribution in [-0.4, -0.2) is 73.7 Å². The van der Waals surface area contributed by atoms with Crippen molar-refractivity contribution in [1.29, 1.82) is 0 Å². The molecule has 0 aliphatic carbocycles. The summed E-state index contributed by atoms with van der Waals surface area (Å²) in [4.78, 5) is 16.7. The molecule has 1 unspecified atom stereocenters. The summed E-state index contributed by atoms with van der Waals surface area (Å²) in [7, 11) is 0. The van der Waals surface area contributed by atoms with Gasteiger partial charge in [0.15, 0.2) is 0 Å². The highest BCUT2D eigenvalue weighted by Gasteiger charge is 2.23. The van der Waals surface area contributed by atoms with Crippen LogP contribution in [0.2, 0.25) is 0 Å². The summed E-state index contributed by atoms with van der Waals surface area (Å²) in [5.74, 6) is 0.839. The lowest BCUT2D eigenvalue weighted by atomic mass is 10.0. The van der Waals surface area contributed by atoms with Crippen molar-refractivity contribution in [3.05, 3.63) is 0 Å². The van der Waals surface area contributed by atoms with E-state index in [-0.39, 0.29) is 11.4 Å². The zero-order valence-electron chi connectivity index (χ0n) is 13.9. The Bertz CT molecular complexity index is 327. The number of piperazine rings is 1. The summed E-state index contributed by atoms with van der Waals surface area (Å²) in [5.41, 5.74) is -0.139. The fourth-order valence-corrected chi connectivity index (χ4v) is 3.11. The average molecular weight is 297 g/mol. The van der Waals surface area contributed by atoms with E-state index in [1.54, 1.807) is 0 Å². The highest BCUT2D eigenvalue weighted by molar-refractivity contribution is 5.78. The number of nitrogens with zero attached hydrogens (tertiary/aromatic N) is 2. The topological polar surface area (TPSA) is 44.8 Å². The van der Waals surface area contributed by atoms with E-state index in [0.717, 1.165) is 45.9 Å². The molecule has 2 rings (SSSR count). The molecule has 1 amide bonds. The van der Waals surface area contributed by atoms with Gasteiger partial charge in [0.05, 0.1) is 13.2 Å². The third-order valence-corrected chi connectivity index (χ3v) is 4.12. The molecule has 0 spiro atoms. The predicted molar refractivity (Wildman–Crippen MR) is 84.3 cm³/mol. The molecule has 122 valence electrons. The normalized spacial score (nSPS) is 25.8. The third-order valence-electron chi connectivity index (χ3n) is 4.12. The van der Waals surface area contributed by atoms with Gasteiger partial charge in [-0.25, -0.2) is 0 Å². The molecular formula is C16H31N3O2. The summed E-state index contributed by atoms with van der Waals surface area (Å²) in [6, 6.07) is 0. The summed E-state index contributed by atoms with van der Waals surface area (Å²) in [6.07, 6.45) is 2.51. The van der Waals surface area contributed by atoms with Gasteiger partial charge in [0.2, 0.25) is 5.91 Å². The summed E-state index contributed by atoms with van der Waals surface area (Å²) in [5, 5.41) is 3.03. The molecule has 2 heterocycles. The van der Waals surface area contributed by atoms with E-state index in [0.29, 0.717) is 12.5 Å². The SMILES string of the molecule is CC(C)(C)NC(=O)CN1CCN(CC2CCCOC2)CC1. The zero-order valence-corrected chi connectivity index (χ0v) is 13.9. The Morgan fingerprint density at radius 3 is 2.43 bits per heavy atom. The Morgan fingerprint density at radius 1 is 1.19 bits per heavy atom. The van der Waals surface area contributed by atoms with Crippen LogP contribution in [0, 0.1) is 5.92 Å². The van der Waals surface area contributed by atoms with Crippen molar-refractivity contribution in [2.75, 3.05) is 52.5 Å². The van der Waals surface area contributed by atoms with Gasteiger partial charge in [0.1, 0.15) is 0 Å². The molecule has 0 aromatic heterocycles. The van der Waals surface area contributed by atoms with Gasteiger partial charge in [-0.3, -0.25) is 9.69 Å². The first-order valence-electron chi connectivity index (χ1n) is 8.26. The van der Waals surface area contributed by atoms with E-state index in [1.807, 2.05) is 20.8 Å². The maximum Gasteiger partial charge on any atom is 0.234 e. The molecule has 5 nitrogen and oxygen atoms in total. The summed E-state index contributed by atoms with van der Waals surface area (Å²) < 4.78 is 5.55. The van der Waals surface area contributed by atoms with Gasteiger partial charge in [0, 0.05) is 44.9 Å². The van der Waals surface area contributed by atoms with E-state index in [2.05, 4.69) is 15.1 Å². The van der Waals surface area contributed by atoms with Crippen LogP contribution in [0.15, 0.2) is 0 Å². The Labute approximate surface area is 129 Å². The van der Waals surface area contributed by atoms with Gasteiger partial charge < -0.3 is 15.0 Å². The molecule has 0 aromatic carbocycles. The maximum atomic E-state index is 11.9. The summed E-state index contributed by atoms with van der Waals surface area (Å²) in [6.45, 7) is 13.7. The van der Waals surface area contributed by atoms with E-state index in [9.17, 15) is 4.79 Å². The first kappa shape index (κ1) is 16.7. The molecule has 2 saturated heterocycles. The number of hydrogen-bond donors (Lipinski definition) is 1. The summed E-state index contributed by atoms with van der Waals surface area (Å²) >= 11 is 0. The van der Waals surface area contributed by atoms with Gasteiger partial charge in [0.25, 0.3) is 0 Å². The molecule has 0 aromatic rings. The van der Waals surface area contributed by atoms with Crippen molar-refractivity contribution in [1.82, 2.24) is 15.1 Å². The standard InChI is InChI=1S/C16H31N3O2/c1-16(2,3)17-15(20)12-19-8-6-18(7-9-19)11-14-5-4-10-21-13-14/h14H,4-13H2,1-3H3,(H,17,20). The van der Waals surface area contributed by atoms with Crippen LogP contribution in [-0.2, 0) is 9.53 Å². The van der Waals surface area contributed by atoms with E-state index in [1.165, 1.54) is 12.8 Å². The number of nitrogens with one attached hydrogen (secondary N) is 1. The fraction of sp³-hybridized carbons (Fsp3) is 0.938. The monoisotopic (exact) mass is 297 g/mol. The first-order chi connectivity index (χ1) is 9.92. The highest BCUT2D eigenvalue weighted by atomic mass is 16.5. The second-order valence-electron chi connectivity index (χ2n) is 7.46. The fourth-order valence-electron chi connectivity index (χ4n) is 3.11. The Balaban J connectivity index is 1.64. The number of rotatable bonds is 4. The van der Waals surface area contributed by atoms with Crippen molar-refractivity contribution in [3.8, 4) is 0 Å². The van der Waals surface area contributed by atoms with Gasteiger partial charge in [-0.05, 0) is 39.5 Å². The molecule has 1 atom stereocenters. The second kappa shape index (κ2) is 7.56. The quantitative estimate of drug-likeness (QED) is 0.839. The molecule has 0 bridgehead atoms. The second-order valence-corrected chi connectivity index (χ2v) is 7.46. The minimum atomic E-state index is -0.139. The molecule has 2 fully saturated rings. The van der Waals surface area contributed by atoms with E-state index in [4.69, 9.17) is 4.74 Å². The molecule has 5 heteroatoms. The van der Waals surface area contributed by atoms with Gasteiger partial charge in [-0.15, -0.1) is 0 Å². The van der Waals surface area contributed by atoms with Crippen molar-refractivity contribution >= 4 is 5.91 Å². The van der Waals surface area contributed by atoms with Crippen molar-refractivity contribution < 1.29 is 9.53 Å². The number of amides is 1. The highest BCUT2D eigenvalue weighted by Crippen LogP contribution is 2.16. The molecular weight excluding hydrogens is 266 g/mol. The molecule has 0 saturated carbocycles. The van der Waals surface area contributed by atoms with Gasteiger partial charge >= 0.3 is 0 Å². The van der Waals surface area contributed by atoms with Gasteiger partial charge in [-0.2, -0.15) is 0 Å². The lowest BCUT2D eigenvalue weighted by Gasteiger charge is -2.37. The van der Waals surface area contributed by atoms with Crippen LogP contribution < -0.4 is 5.32 Å². The smallest absolute Gasteiger partial charge is 0.234 e. The molecule has 0 radical (unpaired) electrons. The molecule has 1 N–H and O–H groups in total. The Hall–Kier alpha value is -0.650. The molecule has 2 aliphatic rings. The van der Waals surface area contributed by atoms with Crippen molar-refractivity contribution in [2.45, 2.75) is 39.2 Å². The number of carbonyl (C=O) groups excluding carboxylic acids is 1. The lowest BCUT2D eigenvalue weighted by Crippen LogP contribution is -2.52. The van der Waals surface area contributed by atoms with Gasteiger partial charge in [-0.1, -0.05) is 0 Å². The van der Waals surface area contributed by atoms with Crippen LogP contribution in [0.4, 0.5) is 0 Å². The van der Waals surface area contributed by atoms with Crippen molar-refractivity contribution in [2.24, 2.45) is 5.92 Å². The third kappa shape index (κ3) is 6.32. The van der Waals surface area contributed by atoms with Crippen LogP contribution in [0.25, 0.3) is 0 Å². The molecule has 2 aliphatic heterocycles. The van der Waals surface area contributed by atoms with E-state index >= 15 is 0 Å². The van der Waals surface area contributed by atoms with Crippen LogP contribution in [0.1, 0.15) is 33.6 Å². The Morgan fingerprint density at radius 2 is 1.86 bits per heavy atom. The largest absolute Gasteiger partial charge is 0.381 e. The first-order valence-corrected chi connectivity index (χ1v) is 8.26. The van der Waals surface area contributed by atoms with Crippen LogP contribution in [0.3, 0.4) is 0 Å². The van der Waals surface area contributed by atoms with Crippen LogP contribution in [0.5, 0.6) is 0 Å². The average Bonchev–Trinajstić information content (AvgIpc) is 2.40. The minimum Gasteiger partial charge on any atom is -0.381 e. The zero-order chi connectivity index (χ0) is 15.3. The maximum absolute atomic E-state index is 11.9. The predicted octanol–water partition coefficient (Wildman–Crippen LogP) is 0.945. The Kier molecular flexibility index (Phi) is 6.02. The van der Waals surface area contributed by atoms with E-state index < -0.39 is 0 Å².